The van der Waals surface area contributed by atoms with Crippen LogP contribution in [0.3, 0.4) is 0 Å². The van der Waals surface area contributed by atoms with E-state index in [9.17, 15) is 9.90 Å². The van der Waals surface area contributed by atoms with Crippen molar-refractivity contribution in [2.75, 3.05) is 20.3 Å². The average Bonchev–Trinajstić information content (AvgIpc) is 2.50. The van der Waals surface area contributed by atoms with Crippen LogP contribution in [0.5, 0.6) is 0 Å². The highest BCUT2D eigenvalue weighted by atomic mass is 16.5. The van der Waals surface area contributed by atoms with Gasteiger partial charge in [0.2, 0.25) is 5.91 Å². The van der Waals surface area contributed by atoms with Crippen molar-refractivity contribution in [3.05, 3.63) is 0 Å². The molecule has 0 heterocycles. The maximum atomic E-state index is 12.0. The van der Waals surface area contributed by atoms with Crippen molar-refractivity contribution in [2.45, 2.75) is 64.9 Å². The molecule has 0 saturated heterocycles. The van der Waals surface area contributed by atoms with Gasteiger partial charge in [-0.05, 0) is 44.4 Å². The Kier molecular flexibility index (Phi) is 7.52. The van der Waals surface area contributed by atoms with E-state index in [1.807, 2.05) is 0 Å². The summed E-state index contributed by atoms with van der Waals surface area (Å²) in [6.45, 7) is 4.86. The molecule has 0 unspecified atom stereocenters. The molecule has 20 heavy (non-hydrogen) atoms. The van der Waals surface area contributed by atoms with Crippen LogP contribution in [0, 0.1) is 11.3 Å². The van der Waals surface area contributed by atoms with Gasteiger partial charge in [-0.2, -0.15) is 0 Å². The highest BCUT2D eigenvalue weighted by Gasteiger charge is 2.27. The summed E-state index contributed by atoms with van der Waals surface area (Å²) in [5, 5.41) is 12.5. The number of nitrogens with one attached hydrogen (secondary N) is 1. The number of carbonyl (C=O) groups excluding carboxylic acids is 1. The topological polar surface area (TPSA) is 58.6 Å². The summed E-state index contributed by atoms with van der Waals surface area (Å²) in [4.78, 5) is 12.0. The first-order chi connectivity index (χ1) is 9.59. The van der Waals surface area contributed by atoms with Crippen LogP contribution in [0.4, 0.5) is 0 Å². The molecule has 4 heteroatoms. The van der Waals surface area contributed by atoms with Gasteiger partial charge >= 0.3 is 0 Å². The van der Waals surface area contributed by atoms with Gasteiger partial charge in [0.05, 0.1) is 12.7 Å². The van der Waals surface area contributed by atoms with Gasteiger partial charge in [0, 0.05) is 25.5 Å². The molecule has 1 rings (SSSR count). The van der Waals surface area contributed by atoms with E-state index in [1.54, 1.807) is 7.11 Å². The lowest BCUT2D eigenvalue weighted by Crippen LogP contribution is -2.40. The number of rotatable bonds is 8. The number of methoxy groups -OCH3 is 1. The molecule has 0 aromatic heterocycles. The highest BCUT2D eigenvalue weighted by molar-refractivity contribution is 5.76. The Morgan fingerprint density at radius 1 is 1.25 bits per heavy atom. The van der Waals surface area contributed by atoms with Crippen molar-refractivity contribution in [3.8, 4) is 0 Å². The van der Waals surface area contributed by atoms with E-state index in [0.29, 0.717) is 25.0 Å². The molecule has 1 amide bonds. The Labute approximate surface area is 123 Å². The first kappa shape index (κ1) is 17.4. The molecule has 118 valence electrons. The number of carbonyl (C=O) groups is 1. The Morgan fingerprint density at radius 2 is 1.85 bits per heavy atom. The fourth-order valence-electron chi connectivity index (χ4n) is 2.97. The van der Waals surface area contributed by atoms with Crippen LogP contribution in [0.25, 0.3) is 0 Å². The molecular weight excluding hydrogens is 254 g/mol. The van der Waals surface area contributed by atoms with E-state index in [4.69, 9.17) is 4.74 Å². The molecule has 2 N–H and O–H groups in total. The molecule has 1 saturated carbocycles. The van der Waals surface area contributed by atoms with Crippen LogP contribution in [0.1, 0.15) is 58.8 Å². The standard InChI is InChI=1S/C16H31NO3/c1-4-16(5-2,12-18)11-17-15(19)10-13-6-8-14(20-3)9-7-13/h13-14,18H,4-12H2,1-3H3,(H,17,19). The molecule has 0 aromatic carbocycles. The van der Waals surface area contributed by atoms with E-state index in [-0.39, 0.29) is 17.9 Å². The van der Waals surface area contributed by atoms with E-state index in [0.717, 1.165) is 38.5 Å². The summed E-state index contributed by atoms with van der Waals surface area (Å²) in [5.41, 5.74) is -0.149. The predicted molar refractivity (Wildman–Crippen MR) is 80.5 cm³/mol. The number of aliphatic hydroxyl groups is 1. The lowest BCUT2D eigenvalue weighted by Gasteiger charge is -2.30. The van der Waals surface area contributed by atoms with Gasteiger partial charge in [0.15, 0.2) is 0 Å². The smallest absolute Gasteiger partial charge is 0.220 e. The van der Waals surface area contributed by atoms with Crippen molar-refractivity contribution >= 4 is 5.91 Å². The van der Waals surface area contributed by atoms with Gasteiger partial charge in [-0.1, -0.05) is 13.8 Å². The minimum Gasteiger partial charge on any atom is -0.396 e. The maximum Gasteiger partial charge on any atom is 0.220 e. The number of hydrogen-bond donors (Lipinski definition) is 2. The van der Waals surface area contributed by atoms with E-state index >= 15 is 0 Å². The number of ether oxygens (including phenoxy) is 1. The van der Waals surface area contributed by atoms with Crippen molar-refractivity contribution in [3.63, 3.8) is 0 Å². The third-order valence-corrected chi connectivity index (χ3v) is 5.10. The predicted octanol–water partition coefficient (Wildman–Crippen LogP) is 2.50. The third kappa shape index (κ3) is 5.06. The fraction of sp³-hybridized carbons (Fsp3) is 0.938. The summed E-state index contributed by atoms with van der Waals surface area (Å²) in [5.74, 6) is 0.624. The molecule has 0 aromatic rings. The average molecular weight is 285 g/mol. The highest BCUT2D eigenvalue weighted by Crippen LogP contribution is 2.28. The van der Waals surface area contributed by atoms with Gasteiger partial charge in [0.1, 0.15) is 0 Å². The zero-order chi connectivity index (χ0) is 15.0. The zero-order valence-corrected chi connectivity index (χ0v) is 13.3. The Balaban J connectivity index is 2.30. The molecule has 0 spiro atoms. The van der Waals surface area contributed by atoms with Crippen molar-refractivity contribution in [1.29, 1.82) is 0 Å². The lowest BCUT2D eigenvalue weighted by atomic mass is 9.82. The van der Waals surface area contributed by atoms with Crippen molar-refractivity contribution in [1.82, 2.24) is 5.32 Å². The molecular formula is C16H31NO3. The van der Waals surface area contributed by atoms with E-state index < -0.39 is 0 Å². The van der Waals surface area contributed by atoms with Crippen LogP contribution >= 0.6 is 0 Å². The molecule has 0 bridgehead atoms. The number of aliphatic hydroxyl groups excluding tert-OH is 1. The zero-order valence-electron chi connectivity index (χ0n) is 13.3. The second-order valence-electron chi connectivity index (χ2n) is 6.22. The molecule has 0 atom stereocenters. The van der Waals surface area contributed by atoms with E-state index in [2.05, 4.69) is 19.2 Å². The quantitative estimate of drug-likeness (QED) is 0.720. The summed E-state index contributed by atoms with van der Waals surface area (Å²) in [7, 11) is 1.77. The maximum absolute atomic E-state index is 12.0. The van der Waals surface area contributed by atoms with Crippen LogP contribution in [0.2, 0.25) is 0 Å². The fourth-order valence-corrected chi connectivity index (χ4v) is 2.97. The van der Waals surface area contributed by atoms with Crippen LogP contribution in [0.15, 0.2) is 0 Å². The first-order valence-electron chi connectivity index (χ1n) is 7.99. The second kappa shape index (κ2) is 8.63. The first-order valence-corrected chi connectivity index (χ1v) is 7.99. The van der Waals surface area contributed by atoms with Gasteiger partial charge in [-0.15, -0.1) is 0 Å². The summed E-state index contributed by atoms with van der Waals surface area (Å²) < 4.78 is 5.35. The molecule has 0 radical (unpaired) electrons. The molecule has 1 fully saturated rings. The Bertz CT molecular complexity index is 273. The number of amides is 1. The molecule has 0 aliphatic heterocycles. The lowest BCUT2D eigenvalue weighted by molar-refractivity contribution is -0.123. The van der Waals surface area contributed by atoms with Crippen LogP contribution in [-0.2, 0) is 9.53 Å². The van der Waals surface area contributed by atoms with Gasteiger partial charge < -0.3 is 15.2 Å². The third-order valence-electron chi connectivity index (χ3n) is 5.10. The summed E-state index contributed by atoms with van der Waals surface area (Å²) in [6, 6.07) is 0. The summed E-state index contributed by atoms with van der Waals surface area (Å²) in [6.07, 6.45) is 7.08. The molecule has 1 aliphatic carbocycles. The minimum atomic E-state index is -0.149. The second-order valence-corrected chi connectivity index (χ2v) is 6.22. The largest absolute Gasteiger partial charge is 0.396 e. The number of hydrogen-bond acceptors (Lipinski definition) is 3. The Hall–Kier alpha value is -0.610. The minimum absolute atomic E-state index is 0.130. The SMILES string of the molecule is CCC(CC)(CO)CNC(=O)CC1CCC(OC)CC1. The monoisotopic (exact) mass is 285 g/mol. The summed E-state index contributed by atoms with van der Waals surface area (Å²) >= 11 is 0. The van der Waals surface area contributed by atoms with Gasteiger partial charge in [0.25, 0.3) is 0 Å². The van der Waals surface area contributed by atoms with Crippen LogP contribution < -0.4 is 5.32 Å². The van der Waals surface area contributed by atoms with E-state index in [1.165, 1.54) is 0 Å². The van der Waals surface area contributed by atoms with Crippen LogP contribution in [-0.4, -0.2) is 37.4 Å². The van der Waals surface area contributed by atoms with Crippen molar-refractivity contribution in [2.24, 2.45) is 11.3 Å². The van der Waals surface area contributed by atoms with Gasteiger partial charge in [-0.3, -0.25) is 4.79 Å². The van der Waals surface area contributed by atoms with Crippen molar-refractivity contribution < 1.29 is 14.6 Å². The molecule has 4 nitrogen and oxygen atoms in total. The normalized spacial score (nSPS) is 23.6. The Morgan fingerprint density at radius 3 is 2.30 bits per heavy atom. The molecule has 1 aliphatic rings. The van der Waals surface area contributed by atoms with Gasteiger partial charge in [-0.25, -0.2) is 0 Å².